The SMILES string of the molecule is CN(CCc1cccs1)Cc1sccc1C#CCN. The molecule has 19 heavy (non-hydrogen) atoms. The van der Waals surface area contributed by atoms with Crippen LogP contribution >= 0.6 is 22.7 Å². The van der Waals surface area contributed by atoms with E-state index in [0.29, 0.717) is 6.54 Å². The lowest BCUT2D eigenvalue weighted by Crippen LogP contribution is -2.20. The van der Waals surface area contributed by atoms with Crippen LogP contribution in [0.25, 0.3) is 0 Å². The van der Waals surface area contributed by atoms with Gasteiger partial charge in [-0.15, -0.1) is 22.7 Å². The zero-order valence-corrected chi connectivity index (χ0v) is 12.7. The topological polar surface area (TPSA) is 29.3 Å². The maximum absolute atomic E-state index is 5.42. The number of nitrogens with two attached hydrogens (primary N) is 1. The maximum atomic E-state index is 5.42. The van der Waals surface area contributed by atoms with Gasteiger partial charge < -0.3 is 10.6 Å². The highest BCUT2D eigenvalue weighted by molar-refractivity contribution is 7.10. The Hall–Kier alpha value is -1.12. The highest BCUT2D eigenvalue weighted by atomic mass is 32.1. The summed E-state index contributed by atoms with van der Waals surface area (Å²) in [5.41, 5.74) is 6.54. The van der Waals surface area contributed by atoms with Gasteiger partial charge >= 0.3 is 0 Å². The quantitative estimate of drug-likeness (QED) is 0.858. The molecule has 0 amide bonds. The van der Waals surface area contributed by atoms with E-state index in [1.807, 2.05) is 11.3 Å². The Morgan fingerprint density at radius 3 is 2.89 bits per heavy atom. The Morgan fingerprint density at radius 1 is 1.26 bits per heavy atom. The van der Waals surface area contributed by atoms with Gasteiger partial charge in [0.1, 0.15) is 0 Å². The van der Waals surface area contributed by atoms with Crippen LogP contribution in [0.3, 0.4) is 0 Å². The monoisotopic (exact) mass is 290 g/mol. The third kappa shape index (κ3) is 4.48. The molecule has 0 aliphatic carbocycles. The van der Waals surface area contributed by atoms with Crippen molar-refractivity contribution < 1.29 is 0 Å². The lowest BCUT2D eigenvalue weighted by atomic mass is 10.2. The summed E-state index contributed by atoms with van der Waals surface area (Å²) >= 11 is 3.60. The molecule has 0 saturated heterocycles. The molecule has 2 aromatic heterocycles. The van der Waals surface area contributed by atoms with Crippen molar-refractivity contribution in [3.8, 4) is 11.8 Å². The van der Waals surface area contributed by atoms with Crippen LogP contribution in [0.15, 0.2) is 29.0 Å². The Labute approximate surface area is 122 Å². The Balaban J connectivity index is 1.88. The van der Waals surface area contributed by atoms with E-state index in [9.17, 15) is 0 Å². The van der Waals surface area contributed by atoms with Gasteiger partial charge in [-0.3, -0.25) is 0 Å². The van der Waals surface area contributed by atoms with Crippen LogP contribution in [0.1, 0.15) is 15.3 Å². The van der Waals surface area contributed by atoms with Crippen molar-refractivity contribution in [1.82, 2.24) is 4.90 Å². The van der Waals surface area contributed by atoms with E-state index in [-0.39, 0.29) is 0 Å². The fourth-order valence-corrected chi connectivity index (χ4v) is 3.41. The van der Waals surface area contributed by atoms with Gasteiger partial charge in [0.2, 0.25) is 0 Å². The summed E-state index contributed by atoms with van der Waals surface area (Å²) in [5, 5.41) is 4.23. The first kappa shape index (κ1) is 14.3. The molecule has 0 radical (unpaired) electrons. The molecule has 2 nitrogen and oxygen atoms in total. The largest absolute Gasteiger partial charge is 0.320 e. The van der Waals surface area contributed by atoms with Crippen LogP contribution in [0.4, 0.5) is 0 Å². The smallest absolute Gasteiger partial charge is 0.0555 e. The summed E-state index contributed by atoms with van der Waals surface area (Å²) in [6.07, 6.45) is 1.11. The van der Waals surface area contributed by atoms with Crippen molar-refractivity contribution in [3.63, 3.8) is 0 Å². The summed E-state index contributed by atoms with van der Waals surface area (Å²) < 4.78 is 0. The zero-order valence-electron chi connectivity index (χ0n) is 11.1. The molecule has 0 aliphatic rings. The predicted octanol–water partition coefficient (Wildman–Crippen LogP) is 2.79. The van der Waals surface area contributed by atoms with Crippen molar-refractivity contribution in [2.45, 2.75) is 13.0 Å². The minimum Gasteiger partial charge on any atom is -0.320 e. The van der Waals surface area contributed by atoms with E-state index in [0.717, 1.165) is 25.1 Å². The molecule has 0 aliphatic heterocycles. The zero-order chi connectivity index (χ0) is 13.5. The van der Waals surface area contributed by atoms with Gasteiger partial charge in [0.05, 0.1) is 6.54 Å². The number of nitrogens with zero attached hydrogens (tertiary/aromatic N) is 1. The number of hydrogen-bond acceptors (Lipinski definition) is 4. The van der Waals surface area contributed by atoms with Gasteiger partial charge in [-0.2, -0.15) is 0 Å². The minimum atomic E-state index is 0.420. The van der Waals surface area contributed by atoms with Gasteiger partial charge in [-0.1, -0.05) is 17.9 Å². The molecule has 0 atom stereocenters. The van der Waals surface area contributed by atoms with E-state index >= 15 is 0 Å². The van der Waals surface area contributed by atoms with Crippen LogP contribution in [0.5, 0.6) is 0 Å². The molecule has 2 N–H and O–H groups in total. The fourth-order valence-electron chi connectivity index (χ4n) is 1.80. The summed E-state index contributed by atoms with van der Waals surface area (Å²) in [7, 11) is 2.16. The van der Waals surface area contributed by atoms with Crippen molar-refractivity contribution in [1.29, 1.82) is 0 Å². The van der Waals surface area contributed by atoms with Gasteiger partial charge in [0, 0.05) is 28.4 Å². The first-order valence-corrected chi connectivity index (χ1v) is 8.01. The Morgan fingerprint density at radius 2 is 2.16 bits per heavy atom. The third-order valence-corrected chi connectivity index (χ3v) is 4.65. The van der Waals surface area contributed by atoms with Crippen LogP contribution < -0.4 is 5.73 Å². The van der Waals surface area contributed by atoms with E-state index in [4.69, 9.17) is 5.73 Å². The molecule has 0 unspecified atom stereocenters. The molecule has 0 bridgehead atoms. The Kier molecular flexibility index (Phi) is 5.62. The van der Waals surface area contributed by atoms with Gasteiger partial charge in [0.25, 0.3) is 0 Å². The van der Waals surface area contributed by atoms with E-state index in [2.05, 4.69) is 52.7 Å². The van der Waals surface area contributed by atoms with Crippen molar-refractivity contribution >= 4 is 22.7 Å². The highest BCUT2D eigenvalue weighted by Gasteiger charge is 2.06. The lowest BCUT2D eigenvalue weighted by molar-refractivity contribution is 0.335. The highest BCUT2D eigenvalue weighted by Crippen LogP contribution is 2.18. The average molecular weight is 290 g/mol. The van der Waals surface area contributed by atoms with Crippen LogP contribution in [-0.4, -0.2) is 25.0 Å². The van der Waals surface area contributed by atoms with Crippen molar-refractivity contribution in [3.05, 3.63) is 44.3 Å². The second-order valence-electron chi connectivity index (χ2n) is 4.33. The summed E-state index contributed by atoms with van der Waals surface area (Å²) in [4.78, 5) is 5.12. The third-order valence-electron chi connectivity index (χ3n) is 2.80. The summed E-state index contributed by atoms with van der Waals surface area (Å²) in [6, 6.07) is 6.39. The van der Waals surface area contributed by atoms with Crippen molar-refractivity contribution in [2.24, 2.45) is 5.73 Å². The lowest BCUT2D eigenvalue weighted by Gasteiger charge is -2.15. The molecule has 4 heteroatoms. The van der Waals surface area contributed by atoms with E-state index in [1.165, 1.54) is 9.75 Å². The minimum absolute atomic E-state index is 0.420. The predicted molar refractivity (Wildman–Crippen MR) is 84.6 cm³/mol. The summed E-state index contributed by atoms with van der Waals surface area (Å²) in [5.74, 6) is 6.07. The van der Waals surface area contributed by atoms with Gasteiger partial charge in [-0.05, 0) is 36.4 Å². The maximum Gasteiger partial charge on any atom is 0.0555 e. The number of likely N-dealkylation sites (N-methyl/N-ethyl adjacent to an activating group) is 1. The molecule has 2 rings (SSSR count). The van der Waals surface area contributed by atoms with Gasteiger partial charge in [0.15, 0.2) is 0 Å². The standard InChI is InChI=1S/C15H18N2S2/c1-17(9-6-14-5-3-10-18-14)12-15-13(4-2-8-16)7-11-19-15/h3,5,7,10-11H,6,8-9,12,16H2,1H3. The summed E-state index contributed by atoms with van der Waals surface area (Å²) in [6.45, 7) is 2.45. The van der Waals surface area contributed by atoms with E-state index < -0.39 is 0 Å². The molecule has 0 spiro atoms. The second-order valence-corrected chi connectivity index (χ2v) is 6.36. The molecule has 0 saturated carbocycles. The number of rotatable bonds is 5. The first-order valence-electron chi connectivity index (χ1n) is 6.26. The molecular formula is C15H18N2S2. The molecule has 2 heterocycles. The van der Waals surface area contributed by atoms with Crippen LogP contribution in [-0.2, 0) is 13.0 Å². The second kappa shape index (κ2) is 7.46. The molecule has 0 aromatic carbocycles. The van der Waals surface area contributed by atoms with E-state index in [1.54, 1.807) is 11.3 Å². The molecule has 100 valence electrons. The Bertz CT molecular complexity index is 546. The molecule has 2 aromatic rings. The first-order chi connectivity index (χ1) is 9.29. The normalized spacial score (nSPS) is 10.5. The van der Waals surface area contributed by atoms with Crippen LogP contribution in [0, 0.1) is 11.8 Å². The average Bonchev–Trinajstić information content (AvgIpc) is 3.05. The van der Waals surface area contributed by atoms with Gasteiger partial charge in [-0.25, -0.2) is 0 Å². The fraction of sp³-hybridized carbons (Fsp3) is 0.333. The molecule has 0 fully saturated rings. The van der Waals surface area contributed by atoms with Crippen molar-refractivity contribution in [2.75, 3.05) is 20.1 Å². The van der Waals surface area contributed by atoms with Crippen LogP contribution in [0.2, 0.25) is 0 Å². The number of thiophene rings is 2. The number of hydrogen-bond donors (Lipinski definition) is 1. The molecular weight excluding hydrogens is 272 g/mol.